The Kier molecular flexibility index (Phi) is 7.26. The molecular weight excluding hydrogens is 446 g/mol. The van der Waals surface area contributed by atoms with Gasteiger partial charge in [-0.3, -0.25) is 4.90 Å². The van der Waals surface area contributed by atoms with Crippen LogP contribution in [0.2, 0.25) is 0 Å². The number of nitrogens with one attached hydrogen (secondary N) is 2. The van der Waals surface area contributed by atoms with E-state index in [4.69, 9.17) is 5.73 Å². The highest BCUT2D eigenvalue weighted by atomic mass is 16.1. The van der Waals surface area contributed by atoms with Crippen molar-refractivity contribution in [2.45, 2.75) is 77.3 Å². The summed E-state index contributed by atoms with van der Waals surface area (Å²) >= 11 is 0. The van der Waals surface area contributed by atoms with Crippen LogP contribution in [0.25, 0.3) is 16.5 Å². The van der Waals surface area contributed by atoms with Gasteiger partial charge in [0.2, 0.25) is 0 Å². The van der Waals surface area contributed by atoms with E-state index in [0.29, 0.717) is 11.8 Å². The van der Waals surface area contributed by atoms with E-state index >= 15 is 0 Å². The lowest BCUT2D eigenvalue weighted by atomic mass is 9.87. The maximum atomic E-state index is 11.2. The minimum absolute atomic E-state index is 0.151. The molecule has 1 atom stereocenters. The summed E-state index contributed by atoms with van der Waals surface area (Å²) in [5.74, 6) is 0.990. The van der Waals surface area contributed by atoms with E-state index in [9.17, 15) is 4.79 Å². The van der Waals surface area contributed by atoms with E-state index in [-0.39, 0.29) is 11.7 Å². The van der Waals surface area contributed by atoms with E-state index in [2.05, 4.69) is 71.0 Å². The molecule has 1 fully saturated rings. The molecule has 190 valence electrons. The zero-order valence-corrected chi connectivity index (χ0v) is 21.8. The molecule has 1 unspecified atom stereocenters. The zero-order chi connectivity index (χ0) is 25.2. The molecule has 5 rings (SSSR count). The first kappa shape index (κ1) is 24.7. The molecule has 0 amide bonds. The number of nitrogens with zero attached hydrogens (tertiary/aromatic N) is 2. The number of piperidine rings is 1. The van der Waals surface area contributed by atoms with Crippen LogP contribution in [0.1, 0.15) is 87.1 Å². The van der Waals surface area contributed by atoms with Crippen LogP contribution < -0.4 is 11.4 Å². The van der Waals surface area contributed by atoms with Crippen LogP contribution in [0.4, 0.5) is 0 Å². The fraction of sp³-hybridized carbons (Fsp3) is 0.467. The number of hydrogen-bond acceptors (Lipinski definition) is 4. The molecule has 0 spiro atoms. The van der Waals surface area contributed by atoms with E-state index in [0.717, 1.165) is 57.3 Å². The molecule has 1 aliphatic carbocycles. The van der Waals surface area contributed by atoms with Gasteiger partial charge in [-0.15, -0.1) is 0 Å². The van der Waals surface area contributed by atoms with Crippen molar-refractivity contribution in [3.8, 4) is 0 Å². The molecule has 6 nitrogen and oxygen atoms in total. The third kappa shape index (κ3) is 5.25. The summed E-state index contributed by atoms with van der Waals surface area (Å²) in [6.45, 7) is 9.70. The second-order valence-corrected chi connectivity index (χ2v) is 10.9. The molecule has 36 heavy (non-hydrogen) atoms. The number of nitrogens with two attached hydrogens (primary N) is 1. The van der Waals surface area contributed by atoms with Gasteiger partial charge < -0.3 is 15.7 Å². The lowest BCUT2D eigenvalue weighted by Gasteiger charge is -2.32. The molecule has 1 aliphatic heterocycles. The minimum Gasteiger partial charge on any atom is -0.354 e. The van der Waals surface area contributed by atoms with Crippen molar-refractivity contribution < 1.29 is 0 Å². The summed E-state index contributed by atoms with van der Waals surface area (Å²) in [6, 6.07) is 7.20. The smallest absolute Gasteiger partial charge is 0.344 e. The number of aromatic amines is 2. The average Bonchev–Trinajstić information content (AvgIpc) is 3.25. The van der Waals surface area contributed by atoms with Crippen LogP contribution in [-0.4, -0.2) is 39.0 Å². The highest BCUT2D eigenvalue weighted by Crippen LogP contribution is 2.38. The van der Waals surface area contributed by atoms with Gasteiger partial charge in [0.15, 0.2) is 0 Å². The van der Waals surface area contributed by atoms with Crippen molar-refractivity contribution in [2.75, 3.05) is 13.1 Å². The molecule has 0 radical (unpaired) electrons. The van der Waals surface area contributed by atoms with E-state index in [1.165, 1.54) is 38.9 Å². The number of aromatic nitrogens is 3. The molecule has 2 aliphatic rings. The van der Waals surface area contributed by atoms with E-state index in [1.54, 1.807) is 12.4 Å². The van der Waals surface area contributed by atoms with E-state index in [1.807, 2.05) is 0 Å². The van der Waals surface area contributed by atoms with Crippen molar-refractivity contribution in [3.05, 3.63) is 81.2 Å². The molecule has 3 heterocycles. The second kappa shape index (κ2) is 10.6. The second-order valence-electron chi connectivity index (χ2n) is 10.9. The standard InChI is InChI=1S/C30H39N5O/c1-19(2)28-25-15-23(22-10-12-35(13-11-22)18-21-16-32-30(36)33-17-21)8-9-27(25)34-29(28)24-6-4-5-7-26(31)20(3)14-24/h6,8-9,14-17,19,22,26,34H,4-5,7,10-13,18,31H2,1-3H3,(H,32,33,36)/b20-14-,24-6+. The number of allylic oxidation sites excluding steroid dienone is 3. The minimum atomic E-state index is -0.290. The Morgan fingerprint density at radius 1 is 1.19 bits per heavy atom. The van der Waals surface area contributed by atoms with Crippen LogP contribution in [0, 0.1) is 0 Å². The quantitative estimate of drug-likeness (QED) is 0.439. The van der Waals surface area contributed by atoms with Crippen molar-refractivity contribution in [1.82, 2.24) is 19.9 Å². The molecule has 4 N–H and O–H groups in total. The Bertz CT molecular complexity index is 1320. The van der Waals surface area contributed by atoms with Gasteiger partial charge >= 0.3 is 5.69 Å². The van der Waals surface area contributed by atoms with Crippen LogP contribution in [-0.2, 0) is 6.54 Å². The topological polar surface area (TPSA) is 90.8 Å². The average molecular weight is 486 g/mol. The maximum absolute atomic E-state index is 11.2. The van der Waals surface area contributed by atoms with Crippen molar-refractivity contribution in [1.29, 1.82) is 0 Å². The highest BCUT2D eigenvalue weighted by molar-refractivity contribution is 5.92. The van der Waals surface area contributed by atoms with Gasteiger partial charge in [-0.05, 0) is 92.8 Å². The zero-order valence-electron chi connectivity index (χ0n) is 21.8. The fourth-order valence-corrected chi connectivity index (χ4v) is 5.86. The Labute approximate surface area is 213 Å². The summed E-state index contributed by atoms with van der Waals surface area (Å²) in [6.07, 6.45) is 13.7. The van der Waals surface area contributed by atoms with Crippen LogP contribution in [0.5, 0.6) is 0 Å². The molecule has 6 heteroatoms. The first-order valence-corrected chi connectivity index (χ1v) is 13.4. The number of fused-ring (bicyclic) bond motifs is 1. The van der Waals surface area contributed by atoms with E-state index < -0.39 is 0 Å². The predicted molar refractivity (Wildman–Crippen MR) is 148 cm³/mol. The van der Waals surface area contributed by atoms with Crippen molar-refractivity contribution >= 4 is 16.5 Å². The number of benzene rings is 1. The Morgan fingerprint density at radius 3 is 2.72 bits per heavy atom. The summed E-state index contributed by atoms with van der Waals surface area (Å²) in [5, 5.41) is 1.36. The lowest BCUT2D eigenvalue weighted by molar-refractivity contribution is 0.204. The third-order valence-corrected chi connectivity index (χ3v) is 7.97. The molecule has 0 bridgehead atoms. The summed E-state index contributed by atoms with van der Waals surface area (Å²) in [4.78, 5) is 24.0. The Morgan fingerprint density at radius 2 is 2.00 bits per heavy atom. The first-order valence-electron chi connectivity index (χ1n) is 13.4. The van der Waals surface area contributed by atoms with Crippen molar-refractivity contribution in [2.24, 2.45) is 5.73 Å². The molecular formula is C30H39N5O. The SMILES string of the molecule is C/C1=C/C(c2[nH]c3ccc(C4CCN(Cc5cnc(=O)[nH]c5)CC4)cc3c2C(C)C)=C\CCCC1N. The van der Waals surface area contributed by atoms with Gasteiger partial charge in [0.05, 0.1) is 0 Å². The highest BCUT2D eigenvalue weighted by Gasteiger charge is 2.23. The van der Waals surface area contributed by atoms with Gasteiger partial charge in [0.1, 0.15) is 0 Å². The molecule has 1 aromatic carbocycles. The van der Waals surface area contributed by atoms with Gasteiger partial charge in [0, 0.05) is 47.1 Å². The normalized spacial score (nSPS) is 23.2. The number of rotatable bonds is 5. The maximum Gasteiger partial charge on any atom is 0.344 e. The molecule has 0 saturated carbocycles. The van der Waals surface area contributed by atoms with Crippen LogP contribution in [0.3, 0.4) is 0 Å². The van der Waals surface area contributed by atoms with Gasteiger partial charge in [-0.2, -0.15) is 0 Å². The van der Waals surface area contributed by atoms with Gasteiger partial charge in [-0.1, -0.05) is 37.6 Å². The Hall–Kier alpha value is -2.96. The largest absolute Gasteiger partial charge is 0.354 e. The predicted octanol–water partition coefficient (Wildman–Crippen LogP) is 5.60. The fourth-order valence-electron chi connectivity index (χ4n) is 5.86. The number of likely N-dealkylation sites (tertiary alicyclic amines) is 1. The summed E-state index contributed by atoms with van der Waals surface area (Å²) in [5.41, 5.74) is 15.1. The molecule has 3 aromatic rings. The Balaban J connectivity index is 1.38. The van der Waals surface area contributed by atoms with Gasteiger partial charge in [-0.25, -0.2) is 9.78 Å². The third-order valence-electron chi connectivity index (χ3n) is 7.97. The number of H-pyrrole nitrogens is 2. The number of hydrogen-bond donors (Lipinski definition) is 3. The summed E-state index contributed by atoms with van der Waals surface area (Å²) < 4.78 is 0. The lowest BCUT2D eigenvalue weighted by Crippen LogP contribution is -2.32. The monoisotopic (exact) mass is 485 g/mol. The van der Waals surface area contributed by atoms with Crippen LogP contribution >= 0.6 is 0 Å². The van der Waals surface area contributed by atoms with Crippen LogP contribution in [0.15, 0.2) is 53.1 Å². The van der Waals surface area contributed by atoms with Gasteiger partial charge in [0.25, 0.3) is 0 Å². The molecule has 1 saturated heterocycles. The molecule has 2 aromatic heterocycles. The van der Waals surface area contributed by atoms with Crippen molar-refractivity contribution in [3.63, 3.8) is 0 Å². The first-order chi connectivity index (χ1) is 17.4. The summed E-state index contributed by atoms with van der Waals surface area (Å²) in [7, 11) is 0.